The van der Waals surface area contributed by atoms with Gasteiger partial charge in [-0.2, -0.15) is 0 Å². The normalized spacial score (nSPS) is 19.5. The molecular weight excluding hydrogens is 325 g/mol. The predicted octanol–water partition coefficient (Wildman–Crippen LogP) is 5.57. The van der Waals surface area contributed by atoms with E-state index in [1.807, 2.05) is 12.1 Å². The van der Waals surface area contributed by atoms with Gasteiger partial charge >= 0.3 is 0 Å². The van der Waals surface area contributed by atoms with Gasteiger partial charge in [0.05, 0.1) is 0 Å². The number of rotatable bonds is 4. The van der Waals surface area contributed by atoms with Crippen molar-refractivity contribution in [1.82, 2.24) is 4.72 Å². The highest BCUT2D eigenvalue weighted by atomic mass is 35.5. The Kier molecular flexibility index (Phi) is 5.03. The SMILES string of the molecule is O=C(NSc1cc(Cl)c(C2CCCCC2)c(Cl)c1)C1CC1. The second kappa shape index (κ2) is 6.80. The topological polar surface area (TPSA) is 29.1 Å². The Labute approximate surface area is 140 Å². The van der Waals surface area contributed by atoms with E-state index in [9.17, 15) is 4.79 Å². The molecule has 21 heavy (non-hydrogen) atoms. The van der Waals surface area contributed by atoms with Crippen LogP contribution in [0.1, 0.15) is 56.4 Å². The van der Waals surface area contributed by atoms with E-state index >= 15 is 0 Å². The van der Waals surface area contributed by atoms with Crippen molar-refractivity contribution >= 4 is 41.1 Å². The van der Waals surface area contributed by atoms with E-state index < -0.39 is 0 Å². The molecule has 0 heterocycles. The van der Waals surface area contributed by atoms with Crippen LogP contribution < -0.4 is 4.72 Å². The molecule has 2 saturated carbocycles. The standard InChI is InChI=1S/C16H19Cl2NOS/c17-13-8-12(21-19-16(20)11-6-7-11)9-14(18)15(13)10-4-2-1-3-5-10/h8-11H,1-7H2,(H,19,20). The fraction of sp³-hybridized carbons (Fsp3) is 0.562. The van der Waals surface area contributed by atoms with Gasteiger partial charge < -0.3 is 0 Å². The molecule has 0 atom stereocenters. The molecule has 0 aromatic heterocycles. The van der Waals surface area contributed by atoms with Crippen molar-refractivity contribution in [3.63, 3.8) is 0 Å². The summed E-state index contributed by atoms with van der Waals surface area (Å²) in [6.07, 6.45) is 8.18. The molecule has 3 rings (SSSR count). The minimum Gasteiger partial charge on any atom is -0.296 e. The van der Waals surface area contributed by atoms with Gasteiger partial charge in [0.2, 0.25) is 5.91 Å². The van der Waals surface area contributed by atoms with Crippen molar-refractivity contribution in [3.8, 4) is 0 Å². The molecule has 2 aliphatic carbocycles. The van der Waals surface area contributed by atoms with Crippen LogP contribution in [0.25, 0.3) is 0 Å². The minimum atomic E-state index is 0.114. The van der Waals surface area contributed by atoms with Crippen LogP contribution in [0.15, 0.2) is 17.0 Å². The van der Waals surface area contributed by atoms with Crippen molar-refractivity contribution < 1.29 is 4.79 Å². The Morgan fingerprint density at radius 3 is 2.24 bits per heavy atom. The molecule has 114 valence electrons. The van der Waals surface area contributed by atoms with Crippen molar-refractivity contribution in [2.24, 2.45) is 5.92 Å². The molecule has 0 bridgehead atoms. The van der Waals surface area contributed by atoms with E-state index in [0.29, 0.717) is 5.92 Å². The van der Waals surface area contributed by atoms with E-state index in [1.54, 1.807) is 0 Å². The van der Waals surface area contributed by atoms with Gasteiger partial charge in [0.1, 0.15) is 0 Å². The van der Waals surface area contributed by atoms with E-state index in [1.165, 1.54) is 44.1 Å². The Balaban J connectivity index is 1.70. The zero-order valence-electron chi connectivity index (χ0n) is 11.8. The molecule has 1 aromatic rings. The van der Waals surface area contributed by atoms with Gasteiger partial charge in [-0.1, -0.05) is 42.5 Å². The highest BCUT2D eigenvalue weighted by Crippen LogP contribution is 2.42. The number of amides is 1. The number of hydrogen-bond donors (Lipinski definition) is 1. The predicted molar refractivity (Wildman–Crippen MR) is 89.0 cm³/mol. The van der Waals surface area contributed by atoms with E-state index in [0.717, 1.165) is 33.3 Å². The summed E-state index contributed by atoms with van der Waals surface area (Å²) in [6, 6.07) is 3.85. The van der Waals surface area contributed by atoms with Crippen molar-refractivity contribution in [1.29, 1.82) is 0 Å². The molecule has 0 saturated heterocycles. The molecule has 1 amide bonds. The van der Waals surface area contributed by atoms with Crippen molar-refractivity contribution in [2.75, 3.05) is 0 Å². The van der Waals surface area contributed by atoms with Crippen LogP contribution in [0.4, 0.5) is 0 Å². The summed E-state index contributed by atoms with van der Waals surface area (Å²) in [7, 11) is 0. The van der Waals surface area contributed by atoms with Crippen LogP contribution in [-0.4, -0.2) is 5.91 Å². The molecule has 1 aromatic carbocycles. The van der Waals surface area contributed by atoms with Gasteiger partial charge in [0.15, 0.2) is 0 Å². The molecule has 0 aliphatic heterocycles. The van der Waals surface area contributed by atoms with Crippen molar-refractivity contribution in [2.45, 2.75) is 55.8 Å². The monoisotopic (exact) mass is 343 g/mol. The smallest absolute Gasteiger partial charge is 0.233 e. The average Bonchev–Trinajstić information content (AvgIpc) is 3.30. The summed E-state index contributed by atoms with van der Waals surface area (Å²) in [4.78, 5) is 12.6. The highest BCUT2D eigenvalue weighted by molar-refractivity contribution is 7.98. The first-order chi connectivity index (χ1) is 10.1. The molecule has 2 nitrogen and oxygen atoms in total. The lowest BCUT2D eigenvalue weighted by molar-refractivity contribution is -0.120. The third-order valence-electron chi connectivity index (χ3n) is 4.28. The third kappa shape index (κ3) is 3.88. The molecule has 0 spiro atoms. The van der Waals surface area contributed by atoms with Crippen LogP contribution in [0, 0.1) is 5.92 Å². The molecule has 0 unspecified atom stereocenters. The number of halogens is 2. The first-order valence-electron chi connectivity index (χ1n) is 7.61. The minimum absolute atomic E-state index is 0.114. The zero-order chi connectivity index (χ0) is 14.8. The second-order valence-electron chi connectivity index (χ2n) is 5.98. The highest BCUT2D eigenvalue weighted by Gasteiger charge is 2.29. The van der Waals surface area contributed by atoms with Gasteiger partial charge in [-0.15, -0.1) is 0 Å². The Bertz CT molecular complexity index is 516. The van der Waals surface area contributed by atoms with Gasteiger partial charge in [0, 0.05) is 20.9 Å². The van der Waals surface area contributed by atoms with Crippen LogP contribution >= 0.6 is 35.1 Å². The fourth-order valence-electron chi connectivity index (χ4n) is 2.94. The van der Waals surface area contributed by atoms with Gasteiger partial charge in [0.25, 0.3) is 0 Å². The molecule has 2 aliphatic rings. The maximum Gasteiger partial charge on any atom is 0.233 e. The Morgan fingerprint density at radius 1 is 1.05 bits per heavy atom. The van der Waals surface area contributed by atoms with Crippen LogP contribution in [-0.2, 0) is 4.79 Å². The first-order valence-corrected chi connectivity index (χ1v) is 9.18. The van der Waals surface area contributed by atoms with Gasteiger partial charge in [-0.25, -0.2) is 0 Å². The molecular formula is C16H19Cl2NOS. The summed E-state index contributed by atoms with van der Waals surface area (Å²) >= 11 is 14.2. The largest absolute Gasteiger partial charge is 0.296 e. The van der Waals surface area contributed by atoms with Crippen LogP contribution in [0.3, 0.4) is 0 Å². The maximum absolute atomic E-state index is 11.7. The third-order valence-corrected chi connectivity index (χ3v) is 5.68. The lowest BCUT2D eigenvalue weighted by atomic mass is 9.84. The van der Waals surface area contributed by atoms with Gasteiger partial charge in [-0.3, -0.25) is 9.52 Å². The lowest BCUT2D eigenvalue weighted by Gasteiger charge is -2.24. The van der Waals surface area contributed by atoms with E-state index in [2.05, 4.69) is 4.72 Å². The molecule has 5 heteroatoms. The molecule has 2 fully saturated rings. The fourth-order valence-corrected chi connectivity index (χ4v) is 4.60. The zero-order valence-corrected chi connectivity index (χ0v) is 14.2. The van der Waals surface area contributed by atoms with Crippen molar-refractivity contribution in [3.05, 3.63) is 27.7 Å². The summed E-state index contributed by atoms with van der Waals surface area (Å²) in [5.74, 6) is 0.812. The van der Waals surface area contributed by atoms with Crippen LogP contribution in [0.2, 0.25) is 10.0 Å². The summed E-state index contributed by atoms with van der Waals surface area (Å²) in [6.45, 7) is 0. The maximum atomic E-state index is 11.7. The lowest BCUT2D eigenvalue weighted by Crippen LogP contribution is -2.17. The first kappa shape index (κ1) is 15.5. The summed E-state index contributed by atoms with van der Waals surface area (Å²) in [5, 5.41) is 1.47. The number of benzene rings is 1. The van der Waals surface area contributed by atoms with Gasteiger partial charge in [-0.05, 0) is 61.2 Å². The Morgan fingerprint density at radius 2 is 1.67 bits per heavy atom. The summed E-state index contributed by atoms with van der Waals surface area (Å²) < 4.78 is 2.87. The quantitative estimate of drug-likeness (QED) is 0.723. The number of carbonyl (C=O) groups excluding carboxylic acids is 1. The second-order valence-corrected chi connectivity index (χ2v) is 7.67. The summed E-state index contributed by atoms with van der Waals surface area (Å²) in [5.41, 5.74) is 1.09. The van der Waals surface area contributed by atoms with Crippen LogP contribution in [0.5, 0.6) is 0 Å². The number of nitrogens with one attached hydrogen (secondary N) is 1. The number of hydrogen-bond acceptors (Lipinski definition) is 2. The van der Waals surface area contributed by atoms with E-state index in [4.69, 9.17) is 23.2 Å². The molecule has 1 N–H and O–H groups in total. The average molecular weight is 344 g/mol. The molecule has 0 radical (unpaired) electrons. The van der Waals surface area contributed by atoms with E-state index in [-0.39, 0.29) is 11.8 Å². The number of carbonyl (C=O) groups is 1. The Hall–Kier alpha value is -0.380.